The first kappa shape index (κ1) is 10.6. The highest BCUT2D eigenvalue weighted by atomic mass is 32.2. The van der Waals surface area contributed by atoms with E-state index in [-0.39, 0.29) is 10.5 Å². The fraction of sp³-hybridized carbons (Fsp3) is 0.125. The molecule has 2 N–H and O–H groups in total. The highest BCUT2D eigenvalue weighted by Gasteiger charge is 2.09. The van der Waals surface area contributed by atoms with E-state index in [1.807, 2.05) is 0 Å². The maximum absolute atomic E-state index is 13.0. The summed E-state index contributed by atoms with van der Waals surface area (Å²) in [4.78, 5) is 0.0359. The zero-order valence-electron chi connectivity index (χ0n) is 7.44. The Kier molecular flexibility index (Phi) is 2.85. The molecule has 0 aliphatic heterocycles. The summed E-state index contributed by atoms with van der Waals surface area (Å²) in [5.41, 5.74) is 0.0513. The smallest absolute Gasteiger partial charge is 0.175 e. The molecular formula is C8H9FN2O2S. The second kappa shape index (κ2) is 3.75. The van der Waals surface area contributed by atoms with Crippen LogP contribution in [0.25, 0.3) is 0 Å². The topological polar surface area (TPSA) is 72.5 Å². The Morgan fingerprint density at radius 3 is 2.64 bits per heavy atom. The number of rotatable bonds is 2. The number of halogens is 1. The van der Waals surface area contributed by atoms with Crippen molar-refractivity contribution in [3.63, 3.8) is 0 Å². The van der Waals surface area contributed by atoms with Gasteiger partial charge in [-0.1, -0.05) is 0 Å². The molecule has 0 heterocycles. The summed E-state index contributed by atoms with van der Waals surface area (Å²) in [5, 5.41) is 3.13. The lowest BCUT2D eigenvalue weighted by Crippen LogP contribution is -2.00. The molecule has 6 heteroatoms. The third-order valence-electron chi connectivity index (χ3n) is 1.61. The van der Waals surface area contributed by atoms with E-state index in [0.717, 1.165) is 18.5 Å². The maximum atomic E-state index is 13.0. The number of hydrogen-bond donors (Lipinski definition) is 1. The number of hydrazone groups is 1. The fourth-order valence-electron chi connectivity index (χ4n) is 0.932. The van der Waals surface area contributed by atoms with E-state index in [1.54, 1.807) is 0 Å². The van der Waals surface area contributed by atoms with E-state index in [4.69, 9.17) is 5.84 Å². The quantitative estimate of drug-likeness (QED) is 0.339. The van der Waals surface area contributed by atoms with Crippen LogP contribution in [0.3, 0.4) is 0 Å². The Morgan fingerprint density at radius 1 is 1.50 bits per heavy atom. The van der Waals surface area contributed by atoms with Crippen LogP contribution in [0.5, 0.6) is 0 Å². The molecule has 4 nitrogen and oxygen atoms in total. The van der Waals surface area contributed by atoms with Gasteiger partial charge in [-0.2, -0.15) is 5.10 Å². The Labute approximate surface area is 81.2 Å². The molecule has 0 aliphatic rings. The molecule has 0 saturated carbocycles. The summed E-state index contributed by atoms with van der Waals surface area (Å²) in [6.07, 6.45) is 2.10. The molecule has 1 aromatic carbocycles. The first-order valence-corrected chi connectivity index (χ1v) is 5.57. The summed E-state index contributed by atoms with van der Waals surface area (Å²) in [5.74, 6) is 4.28. The lowest BCUT2D eigenvalue weighted by atomic mass is 10.2. The standard InChI is InChI=1S/C8H9FN2O2S/c1-14(12,13)7-2-3-8(9)6(4-7)5-11-10/h2-5H,10H2,1H3. The molecule has 76 valence electrons. The Morgan fingerprint density at radius 2 is 2.14 bits per heavy atom. The van der Waals surface area contributed by atoms with E-state index in [0.29, 0.717) is 0 Å². The predicted octanol–water partition coefficient (Wildman–Crippen LogP) is 0.522. The molecule has 0 bridgehead atoms. The molecule has 0 aliphatic carbocycles. The largest absolute Gasteiger partial charge is 0.323 e. The van der Waals surface area contributed by atoms with Gasteiger partial charge < -0.3 is 5.84 Å². The molecular weight excluding hydrogens is 207 g/mol. The van der Waals surface area contributed by atoms with Crippen molar-refractivity contribution < 1.29 is 12.8 Å². The van der Waals surface area contributed by atoms with Gasteiger partial charge in [-0.3, -0.25) is 0 Å². The number of nitrogens with zero attached hydrogens (tertiary/aromatic N) is 1. The van der Waals surface area contributed by atoms with Gasteiger partial charge in [0.25, 0.3) is 0 Å². The number of hydrogen-bond acceptors (Lipinski definition) is 4. The van der Waals surface area contributed by atoms with Crippen LogP contribution in [0.1, 0.15) is 5.56 Å². The van der Waals surface area contributed by atoms with Crippen LogP contribution < -0.4 is 5.84 Å². The third-order valence-corrected chi connectivity index (χ3v) is 2.72. The van der Waals surface area contributed by atoms with Gasteiger partial charge in [0.1, 0.15) is 5.82 Å². The van der Waals surface area contributed by atoms with Crippen molar-refractivity contribution in [2.24, 2.45) is 10.9 Å². The first-order chi connectivity index (χ1) is 6.45. The van der Waals surface area contributed by atoms with Crippen molar-refractivity contribution in [2.45, 2.75) is 4.90 Å². The minimum Gasteiger partial charge on any atom is -0.323 e. The molecule has 0 fully saturated rings. The van der Waals surface area contributed by atoms with Crippen LogP contribution in [0.2, 0.25) is 0 Å². The molecule has 1 aromatic rings. The van der Waals surface area contributed by atoms with Gasteiger partial charge >= 0.3 is 0 Å². The lowest BCUT2D eigenvalue weighted by molar-refractivity contribution is 0.600. The minimum absolute atomic E-state index is 0.0359. The van der Waals surface area contributed by atoms with Gasteiger partial charge in [0.2, 0.25) is 0 Å². The van der Waals surface area contributed by atoms with Crippen molar-refractivity contribution in [3.05, 3.63) is 29.6 Å². The van der Waals surface area contributed by atoms with Gasteiger partial charge in [0.05, 0.1) is 11.1 Å². The monoisotopic (exact) mass is 216 g/mol. The number of nitrogens with two attached hydrogens (primary N) is 1. The van der Waals surface area contributed by atoms with E-state index in [9.17, 15) is 12.8 Å². The maximum Gasteiger partial charge on any atom is 0.175 e. The van der Waals surface area contributed by atoms with Crippen LogP contribution in [-0.4, -0.2) is 20.9 Å². The number of sulfone groups is 1. The van der Waals surface area contributed by atoms with E-state index in [2.05, 4.69) is 5.10 Å². The first-order valence-electron chi connectivity index (χ1n) is 3.68. The Balaban J connectivity index is 3.34. The van der Waals surface area contributed by atoms with E-state index >= 15 is 0 Å². The Bertz CT molecular complexity index is 468. The zero-order valence-corrected chi connectivity index (χ0v) is 8.25. The summed E-state index contributed by atoms with van der Waals surface area (Å²) in [6.45, 7) is 0. The van der Waals surface area contributed by atoms with Crippen LogP contribution in [0.15, 0.2) is 28.2 Å². The third kappa shape index (κ3) is 2.29. The van der Waals surface area contributed by atoms with Crippen LogP contribution in [0, 0.1) is 5.82 Å². The van der Waals surface area contributed by atoms with Gasteiger partial charge in [0.15, 0.2) is 9.84 Å². The number of benzene rings is 1. The SMILES string of the molecule is CS(=O)(=O)c1ccc(F)c(C=NN)c1. The van der Waals surface area contributed by atoms with Gasteiger partial charge in [-0.25, -0.2) is 12.8 Å². The lowest BCUT2D eigenvalue weighted by Gasteiger charge is -2.00. The molecule has 0 unspecified atom stereocenters. The van der Waals surface area contributed by atoms with Crippen molar-refractivity contribution in [1.29, 1.82) is 0 Å². The minimum atomic E-state index is -3.33. The van der Waals surface area contributed by atoms with Gasteiger partial charge in [0, 0.05) is 11.8 Å². The van der Waals surface area contributed by atoms with Gasteiger partial charge in [-0.15, -0.1) is 0 Å². The molecule has 0 atom stereocenters. The van der Waals surface area contributed by atoms with Crippen molar-refractivity contribution in [3.8, 4) is 0 Å². The van der Waals surface area contributed by atoms with Crippen LogP contribution in [0.4, 0.5) is 4.39 Å². The molecule has 0 spiro atoms. The second-order valence-electron chi connectivity index (χ2n) is 2.73. The normalized spacial score (nSPS) is 12.1. The van der Waals surface area contributed by atoms with E-state index < -0.39 is 15.7 Å². The van der Waals surface area contributed by atoms with Crippen molar-refractivity contribution in [2.75, 3.05) is 6.26 Å². The summed E-state index contributed by atoms with van der Waals surface area (Å²) in [7, 11) is -3.33. The highest BCUT2D eigenvalue weighted by molar-refractivity contribution is 7.90. The molecule has 0 radical (unpaired) electrons. The van der Waals surface area contributed by atoms with E-state index in [1.165, 1.54) is 12.1 Å². The average molecular weight is 216 g/mol. The molecule has 14 heavy (non-hydrogen) atoms. The average Bonchev–Trinajstić information content (AvgIpc) is 2.07. The predicted molar refractivity (Wildman–Crippen MR) is 51.3 cm³/mol. The summed E-state index contributed by atoms with van der Waals surface area (Å²) < 4.78 is 35.2. The second-order valence-corrected chi connectivity index (χ2v) is 4.75. The van der Waals surface area contributed by atoms with Crippen LogP contribution in [-0.2, 0) is 9.84 Å². The molecule has 1 rings (SSSR count). The summed E-state index contributed by atoms with van der Waals surface area (Å²) in [6, 6.07) is 3.44. The Hall–Kier alpha value is -1.43. The van der Waals surface area contributed by atoms with Gasteiger partial charge in [-0.05, 0) is 18.2 Å². The van der Waals surface area contributed by atoms with Crippen molar-refractivity contribution in [1.82, 2.24) is 0 Å². The molecule has 0 aromatic heterocycles. The van der Waals surface area contributed by atoms with Crippen LogP contribution >= 0.6 is 0 Å². The fourth-order valence-corrected chi connectivity index (χ4v) is 1.59. The zero-order chi connectivity index (χ0) is 10.8. The van der Waals surface area contributed by atoms with Crippen molar-refractivity contribution >= 4 is 16.1 Å². The highest BCUT2D eigenvalue weighted by Crippen LogP contribution is 2.13. The molecule has 0 amide bonds. The summed E-state index contributed by atoms with van der Waals surface area (Å²) >= 11 is 0. The molecule has 0 saturated heterocycles.